The monoisotopic (exact) mass is 307 g/mol. The highest BCUT2D eigenvalue weighted by atomic mass is 16.2. The third kappa shape index (κ3) is 3.89. The smallest absolute Gasteiger partial charge is 0.255 e. The first-order valence-corrected chi connectivity index (χ1v) is 7.59. The molecule has 0 unspecified atom stereocenters. The van der Waals surface area contributed by atoms with Gasteiger partial charge in [-0.25, -0.2) is 0 Å². The first-order valence-electron chi connectivity index (χ1n) is 7.59. The highest BCUT2D eigenvalue weighted by molar-refractivity contribution is 6.00. The van der Waals surface area contributed by atoms with Crippen LogP contribution in [0.1, 0.15) is 27.9 Å². The van der Waals surface area contributed by atoms with Gasteiger partial charge in [0.15, 0.2) is 0 Å². The topological polar surface area (TPSA) is 56.1 Å². The van der Waals surface area contributed by atoms with Crippen molar-refractivity contribution in [2.45, 2.75) is 20.3 Å². The summed E-state index contributed by atoms with van der Waals surface area (Å²) in [5.74, 6) is -0.0892. The lowest BCUT2D eigenvalue weighted by molar-refractivity contribution is 0.0799. The number of carbonyl (C=O) groups is 1. The van der Waals surface area contributed by atoms with Gasteiger partial charge in [0, 0.05) is 19.3 Å². The summed E-state index contributed by atoms with van der Waals surface area (Å²) in [6.07, 6.45) is 0.328. The van der Waals surface area contributed by atoms with E-state index in [1.165, 1.54) is 5.56 Å². The van der Waals surface area contributed by atoms with E-state index in [9.17, 15) is 4.79 Å². The number of amides is 1. The summed E-state index contributed by atoms with van der Waals surface area (Å²) in [4.78, 5) is 14.2. The number of para-hydroxylation sites is 1. The molecule has 0 bridgehead atoms. The number of hydrogen-bond acceptors (Lipinski definition) is 3. The van der Waals surface area contributed by atoms with Gasteiger partial charge in [0.25, 0.3) is 5.91 Å². The zero-order valence-corrected chi connectivity index (χ0v) is 13.8. The maximum atomic E-state index is 12.6. The van der Waals surface area contributed by atoms with Crippen molar-refractivity contribution in [2.75, 3.05) is 18.9 Å². The van der Waals surface area contributed by atoms with Crippen LogP contribution in [-0.2, 0) is 0 Å². The van der Waals surface area contributed by atoms with Crippen molar-refractivity contribution in [1.29, 1.82) is 5.26 Å². The standard InChI is InChI=1S/C19H21N3O/c1-14-8-6-11-17(15(14)2)21-18-10-5-4-9-16(18)19(23)22(3)13-7-12-20/h4-6,8-11,21H,7,13H2,1-3H3. The lowest BCUT2D eigenvalue weighted by atomic mass is 10.1. The summed E-state index contributed by atoms with van der Waals surface area (Å²) in [6.45, 7) is 4.54. The molecule has 1 N–H and O–H groups in total. The number of rotatable bonds is 5. The fraction of sp³-hybridized carbons (Fsp3) is 0.263. The molecular formula is C19H21N3O. The molecule has 0 saturated carbocycles. The molecule has 2 rings (SSSR count). The lowest BCUT2D eigenvalue weighted by Crippen LogP contribution is -2.28. The molecule has 2 aromatic carbocycles. The van der Waals surface area contributed by atoms with Crippen LogP contribution in [0.4, 0.5) is 11.4 Å². The summed E-state index contributed by atoms with van der Waals surface area (Å²) in [5, 5.41) is 12.0. The van der Waals surface area contributed by atoms with Crippen LogP contribution in [0.3, 0.4) is 0 Å². The van der Waals surface area contributed by atoms with E-state index < -0.39 is 0 Å². The maximum absolute atomic E-state index is 12.6. The Labute approximate surface area is 137 Å². The van der Waals surface area contributed by atoms with Crippen LogP contribution in [-0.4, -0.2) is 24.4 Å². The van der Waals surface area contributed by atoms with Gasteiger partial charge in [-0.2, -0.15) is 5.26 Å². The van der Waals surface area contributed by atoms with Gasteiger partial charge in [-0.15, -0.1) is 0 Å². The van der Waals surface area contributed by atoms with Crippen molar-refractivity contribution in [3.05, 3.63) is 59.2 Å². The fourth-order valence-electron chi connectivity index (χ4n) is 2.34. The predicted octanol–water partition coefficient (Wildman–Crippen LogP) is 4.03. The van der Waals surface area contributed by atoms with Crippen LogP contribution < -0.4 is 5.32 Å². The largest absolute Gasteiger partial charge is 0.355 e. The van der Waals surface area contributed by atoms with Crippen LogP contribution in [0.2, 0.25) is 0 Å². The lowest BCUT2D eigenvalue weighted by Gasteiger charge is -2.19. The Bertz CT molecular complexity index is 747. The van der Waals surface area contributed by atoms with Crippen molar-refractivity contribution in [2.24, 2.45) is 0 Å². The second-order valence-electron chi connectivity index (χ2n) is 5.55. The molecule has 2 aromatic rings. The number of nitrogens with zero attached hydrogens (tertiary/aromatic N) is 2. The van der Waals surface area contributed by atoms with Gasteiger partial charge in [0.05, 0.1) is 23.7 Å². The number of carbonyl (C=O) groups excluding carboxylic acids is 1. The summed E-state index contributed by atoms with van der Waals surface area (Å²) >= 11 is 0. The summed E-state index contributed by atoms with van der Waals surface area (Å²) < 4.78 is 0. The molecule has 118 valence electrons. The van der Waals surface area contributed by atoms with Crippen molar-refractivity contribution >= 4 is 17.3 Å². The predicted molar refractivity (Wildman–Crippen MR) is 92.8 cm³/mol. The normalized spacial score (nSPS) is 10.0. The fourth-order valence-corrected chi connectivity index (χ4v) is 2.34. The van der Waals surface area contributed by atoms with E-state index in [1.54, 1.807) is 18.0 Å². The minimum Gasteiger partial charge on any atom is -0.355 e. The SMILES string of the molecule is Cc1cccc(Nc2ccccc2C(=O)N(C)CCC#N)c1C. The number of nitrogens with one attached hydrogen (secondary N) is 1. The zero-order chi connectivity index (χ0) is 16.8. The molecule has 0 aliphatic heterocycles. The van der Waals surface area contributed by atoms with E-state index in [4.69, 9.17) is 5.26 Å². The molecule has 0 fully saturated rings. The average molecular weight is 307 g/mol. The molecule has 0 radical (unpaired) electrons. The number of aryl methyl sites for hydroxylation is 1. The van der Waals surface area contributed by atoms with E-state index >= 15 is 0 Å². The molecule has 0 saturated heterocycles. The first-order chi connectivity index (χ1) is 11.0. The van der Waals surface area contributed by atoms with Gasteiger partial charge in [0.2, 0.25) is 0 Å². The molecule has 0 atom stereocenters. The molecular weight excluding hydrogens is 286 g/mol. The van der Waals surface area contributed by atoms with Crippen molar-refractivity contribution in [3.63, 3.8) is 0 Å². The molecule has 0 aromatic heterocycles. The van der Waals surface area contributed by atoms with Crippen LogP contribution in [0, 0.1) is 25.2 Å². The highest BCUT2D eigenvalue weighted by Gasteiger charge is 2.15. The van der Waals surface area contributed by atoms with Crippen LogP contribution >= 0.6 is 0 Å². The third-order valence-electron chi connectivity index (χ3n) is 3.94. The van der Waals surface area contributed by atoms with E-state index in [1.807, 2.05) is 30.3 Å². The Hall–Kier alpha value is -2.80. The second kappa shape index (κ2) is 7.46. The van der Waals surface area contributed by atoms with Gasteiger partial charge in [-0.1, -0.05) is 24.3 Å². The molecule has 0 aliphatic rings. The van der Waals surface area contributed by atoms with Crippen molar-refractivity contribution < 1.29 is 4.79 Å². The van der Waals surface area contributed by atoms with Gasteiger partial charge >= 0.3 is 0 Å². The molecule has 4 nitrogen and oxygen atoms in total. The van der Waals surface area contributed by atoms with Crippen molar-refractivity contribution in [1.82, 2.24) is 4.90 Å². The van der Waals surface area contributed by atoms with E-state index in [0.29, 0.717) is 18.5 Å². The van der Waals surface area contributed by atoms with Gasteiger partial charge in [0.1, 0.15) is 0 Å². The Kier molecular flexibility index (Phi) is 5.37. The van der Waals surface area contributed by atoms with Crippen LogP contribution in [0.15, 0.2) is 42.5 Å². The van der Waals surface area contributed by atoms with Gasteiger partial charge in [-0.05, 0) is 43.2 Å². The number of anilines is 2. The molecule has 4 heteroatoms. The second-order valence-corrected chi connectivity index (χ2v) is 5.55. The highest BCUT2D eigenvalue weighted by Crippen LogP contribution is 2.25. The van der Waals surface area contributed by atoms with Crippen molar-refractivity contribution in [3.8, 4) is 6.07 Å². The Morgan fingerprint density at radius 1 is 1.13 bits per heavy atom. The van der Waals surface area contributed by atoms with E-state index in [-0.39, 0.29) is 5.91 Å². The number of nitriles is 1. The quantitative estimate of drug-likeness (QED) is 0.907. The Morgan fingerprint density at radius 2 is 1.83 bits per heavy atom. The van der Waals surface area contributed by atoms with Crippen LogP contribution in [0.5, 0.6) is 0 Å². The van der Waals surface area contributed by atoms with Gasteiger partial charge < -0.3 is 10.2 Å². The first kappa shape index (κ1) is 16.6. The van der Waals surface area contributed by atoms with E-state index in [0.717, 1.165) is 16.9 Å². The minimum absolute atomic E-state index is 0.0892. The zero-order valence-electron chi connectivity index (χ0n) is 13.8. The molecule has 0 heterocycles. The number of hydrogen-bond donors (Lipinski definition) is 1. The molecule has 1 amide bonds. The summed E-state index contributed by atoms with van der Waals surface area (Å²) in [5.41, 5.74) is 4.73. The van der Waals surface area contributed by atoms with Crippen LogP contribution in [0.25, 0.3) is 0 Å². The molecule has 0 spiro atoms. The maximum Gasteiger partial charge on any atom is 0.255 e. The molecule has 0 aliphatic carbocycles. The minimum atomic E-state index is -0.0892. The van der Waals surface area contributed by atoms with Gasteiger partial charge in [-0.3, -0.25) is 4.79 Å². The van der Waals surface area contributed by atoms with E-state index in [2.05, 4.69) is 31.3 Å². The summed E-state index contributed by atoms with van der Waals surface area (Å²) in [7, 11) is 1.72. The Balaban J connectivity index is 2.29. The Morgan fingerprint density at radius 3 is 2.57 bits per heavy atom. The third-order valence-corrected chi connectivity index (χ3v) is 3.94. The molecule has 23 heavy (non-hydrogen) atoms. The summed E-state index contributed by atoms with van der Waals surface area (Å²) in [6, 6.07) is 15.6. The average Bonchev–Trinajstić information content (AvgIpc) is 2.56. The number of benzene rings is 2.